The van der Waals surface area contributed by atoms with Crippen molar-refractivity contribution in [3.8, 4) is 0 Å². The first-order valence-electron chi connectivity index (χ1n) is 12.3. The van der Waals surface area contributed by atoms with E-state index in [2.05, 4.69) is 76.5 Å². The Balaban J connectivity index is 1.35. The molecule has 1 unspecified atom stereocenters. The van der Waals surface area contributed by atoms with Gasteiger partial charge >= 0.3 is 0 Å². The number of hydrogen-bond acceptors (Lipinski definition) is 5. The van der Waals surface area contributed by atoms with Gasteiger partial charge in [-0.1, -0.05) is 17.7 Å². The van der Waals surface area contributed by atoms with Gasteiger partial charge in [0.1, 0.15) is 11.5 Å². The average Bonchev–Trinajstić information content (AvgIpc) is 3.23. The Morgan fingerprint density at radius 2 is 1.88 bits per heavy atom. The first kappa shape index (κ1) is 20.9. The number of allylic oxidation sites excluding steroid dienone is 1. The number of piperidine rings is 1. The largest absolute Gasteiger partial charge is 0.355 e. The fourth-order valence-corrected chi connectivity index (χ4v) is 6.29. The van der Waals surface area contributed by atoms with E-state index < -0.39 is 0 Å². The highest BCUT2D eigenvalue weighted by molar-refractivity contribution is 5.53. The van der Waals surface area contributed by atoms with Crippen LogP contribution in [-0.2, 0) is 18.5 Å². The Hall–Kier alpha value is -2.70. The monoisotopic (exact) mass is 442 g/mol. The molecule has 3 aromatic rings. The molecule has 1 aliphatic carbocycles. The van der Waals surface area contributed by atoms with E-state index in [1.807, 2.05) is 6.20 Å². The number of likely N-dealkylation sites (N-methyl/N-ethyl adjacent to an activating group) is 1. The minimum Gasteiger partial charge on any atom is -0.355 e. The summed E-state index contributed by atoms with van der Waals surface area (Å²) in [5, 5.41) is 0. The predicted molar refractivity (Wildman–Crippen MR) is 133 cm³/mol. The number of nitrogens with zero attached hydrogens (tertiary/aromatic N) is 6. The maximum Gasteiger partial charge on any atom is 0.138 e. The highest BCUT2D eigenvalue weighted by Crippen LogP contribution is 2.47. The molecule has 3 aliphatic rings. The van der Waals surface area contributed by atoms with Crippen LogP contribution in [-0.4, -0.2) is 63.9 Å². The van der Waals surface area contributed by atoms with E-state index in [1.165, 1.54) is 35.5 Å². The number of rotatable bonds is 3. The lowest BCUT2D eigenvalue weighted by molar-refractivity contribution is 0.0886. The van der Waals surface area contributed by atoms with Crippen LogP contribution in [0.4, 0.5) is 5.82 Å². The van der Waals surface area contributed by atoms with E-state index in [9.17, 15) is 0 Å². The van der Waals surface area contributed by atoms with E-state index in [4.69, 9.17) is 9.97 Å². The number of fused-ring (bicyclic) bond motifs is 4. The summed E-state index contributed by atoms with van der Waals surface area (Å²) in [6.45, 7) is 10.9. The molecule has 0 aromatic carbocycles. The standard InChI is InChI=1S/C27H34N6/c1-20-17-21-7-5-11-28-26(21)27(2)23(20)8-6-12-32(27)18-22-19-33-24(29-22)9-4-10-25(33)31-15-13-30(3)14-16-31/h4-5,7,9-11,19H,6,8,12-18H2,1-3H3. The van der Waals surface area contributed by atoms with Gasteiger partial charge in [0.05, 0.1) is 16.9 Å². The molecule has 1 atom stereocenters. The number of likely N-dealkylation sites (tertiary alicyclic amines) is 1. The summed E-state index contributed by atoms with van der Waals surface area (Å²) in [6.07, 6.45) is 7.63. The van der Waals surface area contributed by atoms with E-state index in [-0.39, 0.29) is 5.54 Å². The van der Waals surface area contributed by atoms with E-state index >= 15 is 0 Å². The van der Waals surface area contributed by atoms with Gasteiger partial charge < -0.3 is 9.80 Å². The summed E-state index contributed by atoms with van der Waals surface area (Å²) in [7, 11) is 2.20. The average molecular weight is 443 g/mol. The molecule has 2 aliphatic heterocycles. The van der Waals surface area contributed by atoms with Crippen LogP contribution in [0.25, 0.3) is 5.65 Å². The predicted octanol–water partition coefficient (Wildman–Crippen LogP) is 3.86. The molecular formula is C27H34N6. The third kappa shape index (κ3) is 3.39. The Labute approximate surface area is 196 Å². The maximum absolute atomic E-state index is 5.07. The molecule has 0 radical (unpaired) electrons. The SMILES string of the molecule is CC1=C2CCCN(Cc3cn4c(N5CCN(C)CC5)cccc4n3)C2(C)c2ncccc2C1. The zero-order valence-electron chi connectivity index (χ0n) is 20.1. The van der Waals surface area contributed by atoms with Gasteiger partial charge in [0.15, 0.2) is 0 Å². The van der Waals surface area contributed by atoms with Crippen molar-refractivity contribution in [3.05, 3.63) is 70.8 Å². The van der Waals surface area contributed by atoms with Crippen LogP contribution in [0.1, 0.15) is 43.6 Å². The molecule has 3 aromatic heterocycles. The molecule has 0 saturated carbocycles. The third-order valence-corrected chi connectivity index (χ3v) is 8.10. The summed E-state index contributed by atoms with van der Waals surface area (Å²) < 4.78 is 2.29. The van der Waals surface area contributed by atoms with Crippen LogP contribution in [0.15, 0.2) is 53.9 Å². The van der Waals surface area contributed by atoms with E-state index in [0.29, 0.717) is 0 Å². The van der Waals surface area contributed by atoms with E-state index in [1.54, 1.807) is 5.57 Å². The van der Waals surface area contributed by atoms with Gasteiger partial charge in [0.2, 0.25) is 0 Å². The topological polar surface area (TPSA) is 39.9 Å². The molecule has 6 nitrogen and oxygen atoms in total. The fourth-order valence-electron chi connectivity index (χ4n) is 6.29. The van der Waals surface area contributed by atoms with Gasteiger partial charge in [-0.25, -0.2) is 4.98 Å². The molecule has 6 heteroatoms. The molecule has 2 fully saturated rings. The molecule has 172 valence electrons. The molecule has 0 spiro atoms. The summed E-state index contributed by atoms with van der Waals surface area (Å²) >= 11 is 0. The normalized spacial score (nSPS) is 24.3. The minimum absolute atomic E-state index is 0.146. The Morgan fingerprint density at radius 1 is 1.03 bits per heavy atom. The van der Waals surface area contributed by atoms with Crippen molar-refractivity contribution in [1.29, 1.82) is 0 Å². The lowest BCUT2D eigenvalue weighted by Gasteiger charge is -2.49. The second-order valence-electron chi connectivity index (χ2n) is 10.2. The van der Waals surface area contributed by atoms with Gasteiger partial charge in [-0.3, -0.25) is 14.3 Å². The quantitative estimate of drug-likeness (QED) is 0.576. The lowest BCUT2D eigenvalue weighted by Crippen LogP contribution is -2.51. The molecule has 0 amide bonds. The smallest absolute Gasteiger partial charge is 0.138 e. The van der Waals surface area contributed by atoms with Crippen molar-refractivity contribution in [1.82, 2.24) is 24.2 Å². The first-order chi connectivity index (χ1) is 16.0. The Bertz CT molecular complexity index is 1220. The first-order valence-corrected chi connectivity index (χ1v) is 12.3. The lowest BCUT2D eigenvalue weighted by atomic mass is 9.71. The highest BCUT2D eigenvalue weighted by atomic mass is 15.3. The van der Waals surface area contributed by atoms with Crippen molar-refractivity contribution in [2.24, 2.45) is 0 Å². The van der Waals surface area contributed by atoms with E-state index in [0.717, 1.165) is 57.0 Å². The summed E-state index contributed by atoms with van der Waals surface area (Å²) in [6, 6.07) is 10.8. The number of pyridine rings is 2. The van der Waals surface area contributed by atoms with Crippen molar-refractivity contribution >= 4 is 11.5 Å². The molecule has 5 heterocycles. The number of hydrogen-bond donors (Lipinski definition) is 0. The minimum atomic E-state index is -0.146. The number of piperazine rings is 1. The highest BCUT2D eigenvalue weighted by Gasteiger charge is 2.45. The van der Waals surface area contributed by atoms with Gasteiger partial charge in [-0.05, 0) is 69.5 Å². The van der Waals surface area contributed by atoms with Gasteiger partial charge in [-0.2, -0.15) is 0 Å². The molecule has 6 rings (SSSR count). The van der Waals surface area contributed by atoms with Gasteiger partial charge in [0, 0.05) is 51.7 Å². The molecule has 0 N–H and O–H groups in total. The Kier molecular flexibility index (Phi) is 5.03. The zero-order chi connectivity index (χ0) is 22.6. The molecule has 0 bridgehead atoms. The van der Waals surface area contributed by atoms with Crippen molar-refractivity contribution in [2.75, 3.05) is 44.7 Å². The zero-order valence-corrected chi connectivity index (χ0v) is 20.1. The van der Waals surface area contributed by atoms with Crippen molar-refractivity contribution in [3.63, 3.8) is 0 Å². The maximum atomic E-state index is 5.07. The fraction of sp³-hybridized carbons (Fsp3) is 0.481. The third-order valence-electron chi connectivity index (χ3n) is 8.10. The van der Waals surface area contributed by atoms with Crippen molar-refractivity contribution in [2.45, 2.75) is 45.2 Å². The van der Waals surface area contributed by atoms with Crippen LogP contribution < -0.4 is 4.90 Å². The van der Waals surface area contributed by atoms with Crippen LogP contribution in [0.3, 0.4) is 0 Å². The van der Waals surface area contributed by atoms with Crippen LogP contribution >= 0.6 is 0 Å². The molecular weight excluding hydrogens is 408 g/mol. The molecule has 33 heavy (non-hydrogen) atoms. The van der Waals surface area contributed by atoms with Gasteiger partial charge in [0.25, 0.3) is 0 Å². The van der Waals surface area contributed by atoms with Gasteiger partial charge in [-0.15, -0.1) is 0 Å². The van der Waals surface area contributed by atoms with Crippen LogP contribution in [0.5, 0.6) is 0 Å². The molecule has 2 saturated heterocycles. The van der Waals surface area contributed by atoms with Crippen molar-refractivity contribution < 1.29 is 0 Å². The number of aromatic nitrogens is 3. The summed E-state index contributed by atoms with van der Waals surface area (Å²) in [4.78, 5) is 17.5. The Morgan fingerprint density at radius 3 is 2.73 bits per heavy atom. The number of anilines is 1. The second kappa shape index (κ2) is 7.96. The number of imidazole rings is 1. The summed E-state index contributed by atoms with van der Waals surface area (Å²) in [5.74, 6) is 1.25. The summed E-state index contributed by atoms with van der Waals surface area (Å²) in [5.41, 5.74) is 7.75. The second-order valence-corrected chi connectivity index (χ2v) is 10.2. The van der Waals surface area contributed by atoms with Crippen LogP contribution in [0.2, 0.25) is 0 Å². The van der Waals surface area contributed by atoms with Crippen LogP contribution in [0, 0.1) is 0 Å².